The van der Waals surface area contributed by atoms with Crippen LogP contribution in [0.1, 0.15) is 66.1 Å². The minimum absolute atomic E-state index is 0.0674. The van der Waals surface area contributed by atoms with Crippen molar-refractivity contribution >= 4 is 22.8 Å². The van der Waals surface area contributed by atoms with E-state index in [0.29, 0.717) is 34.6 Å². The predicted octanol–water partition coefficient (Wildman–Crippen LogP) is 2.94. The van der Waals surface area contributed by atoms with Gasteiger partial charge in [0.05, 0.1) is 35.1 Å². The van der Waals surface area contributed by atoms with E-state index < -0.39 is 46.7 Å². The van der Waals surface area contributed by atoms with Crippen molar-refractivity contribution in [2.24, 2.45) is 0 Å². The van der Waals surface area contributed by atoms with E-state index in [-0.39, 0.29) is 60.4 Å². The average molecular weight is 576 g/mol. The van der Waals surface area contributed by atoms with Crippen LogP contribution >= 0.6 is 0 Å². The minimum atomic E-state index is -5.24. The van der Waals surface area contributed by atoms with Crippen molar-refractivity contribution < 1.29 is 42.1 Å². The zero-order chi connectivity index (χ0) is 29.8. The number of esters is 1. The molecule has 1 aliphatic carbocycles. The number of halogens is 4. The van der Waals surface area contributed by atoms with Crippen LogP contribution in [0.3, 0.4) is 0 Å². The van der Waals surface area contributed by atoms with Gasteiger partial charge in [-0.05, 0) is 55.9 Å². The van der Waals surface area contributed by atoms with Gasteiger partial charge in [-0.15, -0.1) is 0 Å². The van der Waals surface area contributed by atoms with Gasteiger partial charge in [0.25, 0.3) is 11.5 Å². The molecular weight excluding hydrogens is 550 g/mol. The van der Waals surface area contributed by atoms with E-state index in [2.05, 4.69) is 10.3 Å². The summed E-state index contributed by atoms with van der Waals surface area (Å²) in [7, 11) is 0. The van der Waals surface area contributed by atoms with Crippen LogP contribution in [0.4, 0.5) is 17.6 Å². The second-order valence-electron chi connectivity index (χ2n) is 10.9. The van der Waals surface area contributed by atoms with Crippen LogP contribution in [0, 0.1) is 12.7 Å². The maximum Gasteiger partial charge on any atom is 0.426 e. The highest BCUT2D eigenvalue weighted by atomic mass is 19.4. The second kappa shape index (κ2) is 8.58. The Labute approximate surface area is 229 Å². The molecule has 3 atom stereocenters. The Morgan fingerprint density at radius 2 is 1.95 bits per heavy atom. The lowest BCUT2D eigenvalue weighted by Crippen LogP contribution is -2.55. The van der Waals surface area contributed by atoms with Crippen LogP contribution in [-0.2, 0) is 39.5 Å². The molecule has 0 saturated carbocycles. The van der Waals surface area contributed by atoms with E-state index in [4.69, 9.17) is 4.74 Å². The number of alkyl halides is 3. The first-order valence-corrected chi connectivity index (χ1v) is 13.0. The summed E-state index contributed by atoms with van der Waals surface area (Å²) in [6, 6.07) is 1.63. The maximum absolute atomic E-state index is 15.0. The number of pyridine rings is 2. The Morgan fingerprint density at radius 3 is 2.61 bits per heavy atom. The van der Waals surface area contributed by atoms with Crippen LogP contribution in [0.5, 0.6) is 0 Å². The number of amides is 1. The zero-order valence-corrected chi connectivity index (χ0v) is 22.2. The zero-order valence-electron chi connectivity index (χ0n) is 22.2. The van der Waals surface area contributed by atoms with Crippen LogP contribution in [0.2, 0.25) is 0 Å². The number of hydrogen-bond acceptors (Lipinski definition) is 7. The number of aliphatic hydroxyl groups is 2. The number of carbonyl (C=O) groups is 2. The lowest BCUT2D eigenvalue weighted by Gasteiger charge is -2.32. The molecule has 6 rings (SSSR count). The molecule has 41 heavy (non-hydrogen) atoms. The van der Waals surface area contributed by atoms with E-state index in [1.54, 1.807) is 13.8 Å². The molecule has 2 aromatic heterocycles. The highest BCUT2D eigenvalue weighted by Crippen LogP contribution is 2.46. The molecule has 3 aliphatic rings. The molecule has 1 aromatic carbocycles. The minimum Gasteiger partial charge on any atom is -0.458 e. The topological polar surface area (TPSA) is 131 Å². The number of fused-ring (bicyclic) bond motifs is 5. The van der Waals surface area contributed by atoms with Gasteiger partial charge < -0.3 is 24.8 Å². The van der Waals surface area contributed by atoms with Crippen molar-refractivity contribution in [2.75, 3.05) is 0 Å². The Hall–Kier alpha value is -3.84. The molecular formula is C28H25F4N3O6. The van der Waals surface area contributed by atoms with Gasteiger partial charge in [0.2, 0.25) is 5.60 Å². The van der Waals surface area contributed by atoms with Gasteiger partial charge in [0, 0.05) is 22.6 Å². The van der Waals surface area contributed by atoms with Crippen LogP contribution < -0.4 is 10.9 Å². The normalized spacial score (nSPS) is 22.5. The van der Waals surface area contributed by atoms with Gasteiger partial charge in [0.1, 0.15) is 12.4 Å². The fourth-order valence-electron chi connectivity index (χ4n) is 6.13. The van der Waals surface area contributed by atoms with E-state index in [0.717, 1.165) is 0 Å². The SMILES string of the molecule is CC[C@@]1(O)C(=O)OCc2c1cc1n(c2=O)Cc2c-1nc1cc(F)c(C)c3c1c2[C@@H](NC(=O)C(C)(O)C(F)(F)F)CC3. The second-order valence-corrected chi connectivity index (χ2v) is 10.9. The first kappa shape index (κ1) is 27.3. The smallest absolute Gasteiger partial charge is 0.426 e. The number of rotatable bonds is 3. The number of nitrogens with zero attached hydrogens (tertiary/aromatic N) is 2. The van der Waals surface area contributed by atoms with E-state index in [1.807, 2.05) is 0 Å². The maximum atomic E-state index is 15.0. The third kappa shape index (κ3) is 3.61. The number of hydrogen-bond donors (Lipinski definition) is 3. The Bertz CT molecular complexity index is 1760. The van der Waals surface area contributed by atoms with Crippen LogP contribution in [0.25, 0.3) is 22.3 Å². The summed E-state index contributed by atoms with van der Waals surface area (Å²) in [6.45, 7) is 3.06. The quantitative estimate of drug-likeness (QED) is 0.253. The van der Waals surface area contributed by atoms with Crippen molar-refractivity contribution in [1.29, 1.82) is 0 Å². The Morgan fingerprint density at radius 1 is 1.24 bits per heavy atom. The number of carbonyl (C=O) groups excluding carboxylic acids is 2. The monoisotopic (exact) mass is 575 g/mol. The fraction of sp³-hybridized carbons (Fsp3) is 0.429. The molecule has 0 radical (unpaired) electrons. The van der Waals surface area contributed by atoms with Crippen LogP contribution in [-0.4, -0.2) is 43.4 Å². The molecule has 9 nitrogen and oxygen atoms in total. The van der Waals surface area contributed by atoms with Crippen molar-refractivity contribution in [1.82, 2.24) is 14.9 Å². The van der Waals surface area contributed by atoms with Gasteiger partial charge >= 0.3 is 12.1 Å². The Kier molecular flexibility index (Phi) is 5.72. The fourth-order valence-corrected chi connectivity index (χ4v) is 6.13. The lowest BCUT2D eigenvalue weighted by molar-refractivity contribution is -0.245. The molecule has 1 unspecified atom stereocenters. The molecule has 0 bridgehead atoms. The van der Waals surface area contributed by atoms with Gasteiger partial charge in [0.15, 0.2) is 5.60 Å². The average Bonchev–Trinajstić information content (AvgIpc) is 3.28. The highest BCUT2D eigenvalue weighted by Gasteiger charge is 2.56. The number of cyclic esters (lactones) is 1. The number of benzene rings is 1. The molecule has 0 saturated heterocycles. The molecule has 1 amide bonds. The first-order chi connectivity index (χ1) is 19.1. The molecule has 3 N–H and O–H groups in total. The summed E-state index contributed by atoms with van der Waals surface area (Å²) in [5.41, 5.74) is -3.83. The molecule has 3 aromatic rings. The Balaban J connectivity index is 1.60. The van der Waals surface area contributed by atoms with Gasteiger partial charge in [-0.2, -0.15) is 13.2 Å². The molecule has 0 spiro atoms. The molecule has 216 valence electrons. The van der Waals surface area contributed by atoms with Gasteiger partial charge in [-0.1, -0.05) is 6.92 Å². The van der Waals surface area contributed by atoms with Gasteiger partial charge in [-0.25, -0.2) is 14.2 Å². The summed E-state index contributed by atoms with van der Waals surface area (Å²) in [5, 5.41) is 23.9. The van der Waals surface area contributed by atoms with E-state index >= 15 is 0 Å². The summed E-state index contributed by atoms with van der Waals surface area (Å²) in [6.07, 6.45) is -5.00. The van der Waals surface area contributed by atoms with Crippen molar-refractivity contribution in [3.63, 3.8) is 0 Å². The van der Waals surface area contributed by atoms with E-state index in [9.17, 15) is 42.2 Å². The lowest BCUT2D eigenvalue weighted by atomic mass is 9.81. The summed E-state index contributed by atoms with van der Waals surface area (Å²) < 4.78 is 61.8. The summed E-state index contributed by atoms with van der Waals surface area (Å²) in [5.74, 6) is -3.10. The largest absolute Gasteiger partial charge is 0.458 e. The first-order valence-electron chi connectivity index (χ1n) is 13.0. The predicted molar refractivity (Wildman–Crippen MR) is 135 cm³/mol. The summed E-state index contributed by atoms with van der Waals surface area (Å²) in [4.78, 5) is 43.5. The van der Waals surface area contributed by atoms with Gasteiger partial charge in [-0.3, -0.25) is 9.59 Å². The molecule has 0 fully saturated rings. The molecule has 4 heterocycles. The number of aryl methyl sites for hydroxylation is 1. The van der Waals surface area contributed by atoms with E-state index in [1.165, 1.54) is 16.7 Å². The van der Waals surface area contributed by atoms with Crippen molar-refractivity contribution in [3.05, 3.63) is 61.7 Å². The van der Waals surface area contributed by atoms with Crippen molar-refractivity contribution in [3.8, 4) is 11.4 Å². The third-order valence-electron chi connectivity index (χ3n) is 8.68. The number of ether oxygens (including phenoxy) is 1. The highest BCUT2D eigenvalue weighted by molar-refractivity contribution is 5.94. The number of nitrogens with one attached hydrogen (secondary N) is 1. The standard InChI is InChI=1S/C28H25F4N3O6/c1-4-27(40)15-7-19-22-13(9-35(19)23(36)14(15)10-41-25(27)38)21-17(34-24(37)26(3,39)28(30,31)32)6-5-12-11(2)16(29)8-18(33-22)20(12)21/h7-8,17,39-40H,4-6,9-10H2,1-3H3,(H,34,37)/t17-,26?,27-/m0/s1. The van der Waals surface area contributed by atoms with Crippen molar-refractivity contribution in [2.45, 2.75) is 76.6 Å². The summed E-state index contributed by atoms with van der Waals surface area (Å²) >= 11 is 0. The molecule has 2 aliphatic heterocycles. The van der Waals surface area contributed by atoms with Crippen LogP contribution in [0.15, 0.2) is 16.9 Å². The number of aromatic nitrogens is 2. The molecule has 13 heteroatoms. The third-order valence-corrected chi connectivity index (χ3v) is 8.68.